The number of nitrogens with zero attached hydrogens (tertiary/aromatic N) is 2. The van der Waals surface area contributed by atoms with Crippen LogP contribution in [0.1, 0.15) is 36.8 Å². The highest BCUT2D eigenvalue weighted by Crippen LogP contribution is 2.27. The molecule has 0 aliphatic heterocycles. The zero-order chi connectivity index (χ0) is 13.8. The molecule has 0 bridgehead atoms. The molecule has 0 saturated heterocycles. The summed E-state index contributed by atoms with van der Waals surface area (Å²) in [5, 5.41) is 9.40. The topological polar surface area (TPSA) is 55.2 Å². The van der Waals surface area contributed by atoms with Gasteiger partial charge in [0.15, 0.2) is 5.75 Å². The highest BCUT2D eigenvalue weighted by Gasteiger charge is 2.11. The van der Waals surface area contributed by atoms with Crippen LogP contribution in [0.15, 0.2) is 30.5 Å². The molecule has 100 valence electrons. The van der Waals surface area contributed by atoms with Gasteiger partial charge >= 0.3 is 0 Å². The number of para-hydroxylation sites is 1. The van der Waals surface area contributed by atoms with Crippen molar-refractivity contribution in [2.45, 2.75) is 33.3 Å². The van der Waals surface area contributed by atoms with Crippen molar-refractivity contribution < 1.29 is 9.84 Å². The molecule has 0 atom stereocenters. The molecular formula is C15H18N2O2. The Labute approximate surface area is 113 Å². The maximum absolute atomic E-state index is 9.40. The summed E-state index contributed by atoms with van der Waals surface area (Å²) in [5.74, 6) is 2.18. The molecule has 0 radical (unpaired) electrons. The van der Waals surface area contributed by atoms with E-state index in [1.807, 2.05) is 45.0 Å². The molecule has 1 heterocycles. The zero-order valence-electron chi connectivity index (χ0n) is 11.4. The number of benzene rings is 1. The average molecular weight is 258 g/mol. The number of aliphatic hydroxyl groups excluding tert-OH is 1. The molecule has 2 rings (SSSR count). The van der Waals surface area contributed by atoms with Crippen LogP contribution in [0.25, 0.3) is 0 Å². The summed E-state index contributed by atoms with van der Waals surface area (Å²) < 4.78 is 5.78. The van der Waals surface area contributed by atoms with Crippen LogP contribution in [-0.2, 0) is 6.61 Å². The van der Waals surface area contributed by atoms with Gasteiger partial charge in [0.2, 0.25) is 0 Å². The Hall–Kier alpha value is -1.94. The number of aryl methyl sites for hydroxylation is 1. The lowest BCUT2D eigenvalue weighted by Crippen LogP contribution is -2.04. The maximum atomic E-state index is 9.40. The Morgan fingerprint density at radius 2 is 1.95 bits per heavy atom. The van der Waals surface area contributed by atoms with Gasteiger partial charge in [-0.05, 0) is 18.6 Å². The van der Waals surface area contributed by atoms with E-state index in [0.717, 1.165) is 11.3 Å². The Morgan fingerprint density at radius 1 is 1.21 bits per heavy atom. The number of aromatic nitrogens is 2. The lowest BCUT2D eigenvalue weighted by Gasteiger charge is -2.12. The first kappa shape index (κ1) is 13.5. The Bertz CT molecular complexity index is 568. The molecule has 1 aromatic heterocycles. The fraction of sp³-hybridized carbons (Fsp3) is 0.333. The second-order valence-corrected chi connectivity index (χ2v) is 4.72. The minimum atomic E-state index is -0.163. The SMILES string of the molecule is Cc1ccccc1Oc1cnc(C(C)C)nc1CO. The molecule has 0 aliphatic rings. The highest BCUT2D eigenvalue weighted by molar-refractivity contribution is 5.37. The van der Waals surface area contributed by atoms with Crippen LogP contribution in [-0.4, -0.2) is 15.1 Å². The second-order valence-electron chi connectivity index (χ2n) is 4.72. The minimum absolute atomic E-state index is 0.163. The Morgan fingerprint density at radius 3 is 2.58 bits per heavy atom. The highest BCUT2D eigenvalue weighted by atomic mass is 16.5. The second kappa shape index (κ2) is 5.80. The van der Waals surface area contributed by atoms with Gasteiger partial charge in [-0.3, -0.25) is 0 Å². The quantitative estimate of drug-likeness (QED) is 0.915. The van der Waals surface area contributed by atoms with Gasteiger partial charge in [0.25, 0.3) is 0 Å². The van der Waals surface area contributed by atoms with E-state index < -0.39 is 0 Å². The third-order valence-corrected chi connectivity index (χ3v) is 2.83. The number of hydrogen-bond acceptors (Lipinski definition) is 4. The van der Waals surface area contributed by atoms with Gasteiger partial charge in [0, 0.05) is 5.92 Å². The maximum Gasteiger partial charge on any atom is 0.169 e. The molecule has 1 N–H and O–H groups in total. The van der Waals surface area contributed by atoms with Gasteiger partial charge < -0.3 is 9.84 Å². The standard InChI is InChI=1S/C15H18N2O2/c1-10(2)15-16-8-14(12(9-18)17-15)19-13-7-5-4-6-11(13)3/h4-8,10,18H,9H2,1-3H3. The van der Waals surface area contributed by atoms with Gasteiger partial charge in [0.1, 0.15) is 17.3 Å². The van der Waals surface area contributed by atoms with E-state index in [1.165, 1.54) is 0 Å². The molecule has 19 heavy (non-hydrogen) atoms. The fourth-order valence-corrected chi connectivity index (χ4v) is 1.69. The predicted octanol–water partition coefficient (Wildman–Crippen LogP) is 3.19. The van der Waals surface area contributed by atoms with E-state index >= 15 is 0 Å². The molecular weight excluding hydrogens is 240 g/mol. The molecule has 0 fully saturated rings. The summed E-state index contributed by atoms with van der Waals surface area (Å²) in [7, 11) is 0. The van der Waals surface area contributed by atoms with Crippen molar-refractivity contribution in [2.75, 3.05) is 0 Å². The summed E-state index contributed by atoms with van der Waals surface area (Å²) in [6, 6.07) is 7.71. The van der Waals surface area contributed by atoms with E-state index in [4.69, 9.17) is 4.74 Å². The average Bonchev–Trinajstić information content (AvgIpc) is 2.41. The molecule has 0 unspecified atom stereocenters. The van der Waals surface area contributed by atoms with Crippen LogP contribution in [0.3, 0.4) is 0 Å². The first-order chi connectivity index (χ1) is 9.11. The first-order valence-electron chi connectivity index (χ1n) is 6.32. The normalized spacial score (nSPS) is 10.8. The van der Waals surface area contributed by atoms with E-state index in [-0.39, 0.29) is 12.5 Å². The van der Waals surface area contributed by atoms with Gasteiger partial charge in [0.05, 0.1) is 12.8 Å². The zero-order valence-corrected chi connectivity index (χ0v) is 11.4. The van der Waals surface area contributed by atoms with E-state index in [0.29, 0.717) is 17.3 Å². The van der Waals surface area contributed by atoms with Crippen LogP contribution < -0.4 is 4.74 Å². The summed E-state index contributed by atoms with van der Waals surface area (Å²) in [6.07, 6.45) is 1.63. The van der Waals surface area contributed by atoms with Crippen molar-refractivity contribution in [2.24, 2.45) is 0 Å². The van der Waals surface area contributed by atoms with Gasteiger partial charge in [-0.2, -0.15) is 0 Å². The Kier molecular flexibility index (Phi) is 4.12. The van der Waals surface area contributed by atoms with Gasteiger partial charge in [-0.1, -0.05) is 32.0 Å². The van der Waals surface area contributed by atoms with Crippen molar-refractivity contribution in [3.05, 3.63) is 47.5 Å². The van der Waals surface area contributed by atoms with E-state index in [9.17, 15) is 5.11 Å². The van der Waals surface area contributed by atoms with Gasteiger partial charge in [-0.15, -0.1) is 0 Å². The molecule has 2 aromatic rings. The first-order valence-corrected chi connectivity index (χ1v) is 6.32. The van der Waals surface area contributed by atoms with Crippen LogP contribution in [0.4, 0.5) is 0 Å². The summed E-state index contributed by atoms with van der Waals surface area (Å²) in [4.78, 5) is 8.60. The number of hydrogen-bond donors (Lipinski definition) is 1. The largest absolute Gasteiger partial charge is 0.453 e. The number of rotatable bonds is 4. The fourth-order valence-electron chi connectivity index (χ4n) is 1.69. The number of aliphatic hydroxyl groups is 1. The van der Waals surface area contributed by atoms with Crippen molar-refractivity contribution in [1.29, 1.82) is 0 Å². The lowest BCUT2D eigenvalue weighted by atomic mass is 10.2. The number of ether oxygens (including phenoxy) is 1. The molecule has 0 aliphatic carbocycles. The summed E-state index contributed by atoms with van der Waals surface area (Å²) >= 11 is 0. The Balaban J connectivity index is 2.33. The monoisotopic (exact) mass is 258 g/mol. The summed E-state index contributed by atoms with van der Waals surface area (Å²) in [5.41, 5.74) is 1.54. The van der Waals surface area contributed by atoms with Crippen molar-refractivity contribution in [3.8, 4) is 11.5 Å². The van der Waals surface area contributed by atoms with E-state index in [1.54, 1.807) is 6.20 Å². The van der Waals surface area contributed by atoms with Crippen molar-refractivity contribution in [3.63, 3.8) is 0 Å². The summed E-state index contributed by atoms with van der Waals surface area (Å²) in [6.45, 7) is 5.83. The third kappa shape index (κ3) is 3.09. The van der Waals surface area contributed by atoms with Crippen LogP contribution >= 0.6 is 0 Å². The van der Waals surface area contributed by atoms with E-state index in [2.05, 4.69) is 9.97 Å². The van der Waals surface area contributed by atoms with Crippen LogP contribution in [0.2, 0.25) is 0 Å². The molecule has 0 amide bonds. The molecule has 0 spiro atoms. The van der Waals surface area contributed by atoms with Crippen molar-refractivity contribution in [1.82, 2.24) is 9.97 Å². The smallest absolute Gasteiger partial charge is 0.169 e. The van der Waals surface area contributed by atoms with Gasteiger partial charge in [-0.25, -0.2) is 9.97 Å². The minimum Gasteiger partial charge on any atom is -0.453 e. The molecule has 0 saturated carbocycles. The molecule has 4 nitrogen and oxygen atoms in total. The molecule has 1 aromatic carbocycles. The van der Waals surface area contributed by atoms with Crippen LogP contribution in [0.5, 0.6) is 11.5 Å². The van der Waals surface area contributed by atoms with Crippen LogP contribution in [0, 0.1) is 6.92 Å². The molecule has 4 heteroatoms. The predicted molar refractivity (Wildman–Crippen MR) is 73.3 cm³/mol. The van der Waals surface area contributed by atoms with Crippen molar-refractivity contribution >= 4 is 0 Å². The third-order valence-electron chi connectivity index (χ3n) is 2.83. The lowest BCUT2D eigenvalue weighted by molar-refractivity contribution is 0.269.